The van der Waals surface area contributed by atoms with Crippen molar-refractivity contribution in [1.82, 2.24) is 25.1 Å². The molecular weight excluding hydrogens is 397 g/mol. The number of hydrogen-bond donors (Lipinski definition) is 0. The van der Waals surface area contributed by atoms with E-state index in [9.17, 15) is 9.18 Å². The van der Waals surface area contributed by atoms with Crippen LogP contribution in [-0.4, -0.2) is 49.1 Å². The number of hydrogen-bond acceptors (Lipinski definition) is 6. The number of aromatic nitrogens is 4. The van der Waals surface area contributed by atoms with Crippen LogP contribution in [0.15, 0.2) is 53.7 Å². The summed E-state index contributed by atoms with van der Waals surface area (Å²) < 4.78 is 15.8. The average molecular weight is 416 g/mol. The highest BCUT2D eigenvalue weighted by molar-refractivity contribution is 8.00. The minimum atomic E-state index is -0.290. The molecule has 1 fully saturated rings. The van der Waals surface area contributed by atoms with Gasteiger partial charge in [-0.05, 0) is 35.0 Å². The van der Waals surface area contributed by atoms with Crippen molar-refractivity contribution in [2.24, 2.45) is 0 Å². The van der Waals surface area contributed by atoms with Crippen LogP contribution in [0.1, 0.15) is 16.5 Å². The molecule has 0 bridgehead atoms. The molecule has 1 aliphatic heterocycles. The summed E-state index contributed by atoms with van der Waals surface area (Å²) in [5.74, 6) is 0.645. The Bertz CT molecular complexity index is 996. The van der Waals surface area contributed by atoms with E-state index < -0.39 is 0 Å². The first-order chi connectivity index (χ1) is 13.6. The van der Waals surface area contributed by atoms with Gasteiger partial charge in [-0.15, -0.1) is 16.9 Å². The highest BCUT2D eigenvalue weighted by Crippen LogP contribution is 2.39. The molecule has 0 aliphatic carbocycles. The van der Waals surface area contributed by atoms with Crippen LogP contribution in [0.25, 0.3) is 5.69 Å². The van der Waals surface area contributed by atoms with Gasteiger partial charge in [0.25, 0.3) is 0 Å². The Morgan fingerprint density at radius 2 is 2.04 bits per heavy atom. The molecule has 2 aromatic carbocycles. The summed E-state index contributed by atoms with van der Waals surface area (Å²) in [7, 11) is 0. The van der Waals surface area contributed by atoms with Crippen molar-refractivity contribution in [2.75, 3.05) is 18.1 Å². The van der Waals surface area contributed by atoms with E-state index in [0.29, 0.717) is 17.3 Å². The molecule has 2 heterocycles. The normalized spacial score (nSPS) is 16.5. The Hall–Kier alpha value is -2.39. The fourth-order valence-corrected chi connectivity index (χ4v) is 5.16. The molecule has 1 saturated heterocycles. The molecule has 4 rings (SSSR count). The number of nitrogens with zero attached hydrogens (tertiary/aromatic N) is 5. The number of benzene rings is 2. The first-order valence-corrected chi connectivity index (χ1v) is 10.8. The molecule has 144 valence electrons. The van der Waals surface area contributed by atoms with Crippen LogP contribution in [-0.2, 0) is 4.79 Å². The Kier molecular flexibility index (Phi) is 5.63. The summed E-state index contributed by atoms with van der Waals surface area (Å²) in [6, 6.07) is 14.4. The zero-order valence-electron chi connectivity index (χ0n) is 15.2. The molecular formula is C19H18FN5OS2. The lowest BCUT2D eigenvalue weighted by Gasteiger charge is -2.24. The van der Waals surface area contributed by atoms with Gasteiger partial charge >= 0.3 is 0 Å². The molecule has 0 N–H and O–H groups in total. The molecule has 28 heavy (non-hydrogen) atoms. The predicted octanol–water partition coefficient (Wildman–Crippen LogP) is 3.48. The lowest BCUT2D eigenvalue weighted by Crippen LogP contribution is -2.32. The maximum absolute atomic E-state index is 14.2. The number of carbonyl (C=O) groups is 1. The topological polar surface area (TPSA) is 63.9 Å². The highest BCUT2D eigenvalue weighted by atomic mass is 32.2. The summed E-state index contributed by atoms with van der Waals surface area (Å²) in [6.07, 6.45) is 0. The molecule has 1 aliphatic rings. The third kappa shape index (κ3) is 3.77. The van der Waals surface area contributed by atoms with Crippen LogP contribution < -0.4 is 0 Å². The summed E-state index contributed by atoms with van der Waals surface area (Å²) in [4.78, 5) is 14.6. The first kappa shape index (κ1) is 18.9. The van der Waals surface area contributed by atoms with Gasteiger partial charge in [0.05, 0.1) is 11.4 Å². The van der Waals surface area contributed by atoms with Crippen LogP contribution in [0.4, 0.5) is 4.39 Å². The summed E-state index contributed by atoms with van der Waals surface area (Å²) in [5, 5.41) is 12.1. The van der Waals surface area contributed by atoms with Crippen LogP contribution in [0.2, 0.25) is 0 Å². The fourth-order valence-electron chi connectivity index (χ4n) is 3.09. The number of halogens is 1. The monoisotopic (exact) mass is 415 g/mol. The Labute approximate surface area is 170 Å². The Morgan fingerprint density at radius 3 is 2.86 bits per heavy atom. The summed E-state index contributed by atoms with van der Waals surface area (Å²) in [6.45, 7) is 2.59. The van der Waals surface area contributed by atoms with Crippen LogP contribution in [0.3, 0.4) is 0 Å². The number of aryl methyl sites for hydroxylation is 1. The van der Waals surface area contributed by atoms with Gasteiger partial charge in [-0.2, -0.15) is 4.68 Å². The second kappa shape index (κ2) is 8.32. The maximum atomic E-state index is 14.2. The van der Waals surface area contributed by atoms with Crippen molar-refractivity contribution in [3.63, 3.8) is 0 Å². The molecule has 0 radical (unpaired) electrons. The van der Waals surface area contributed by atoms with E-state index in [0.717, 1.165) is 17.0 Å². The van der Waals surface area contributed by atoms with Crippen molar-refractivity contribution in [3.05, 3.63) is 65.5 Å². The molecule has 3 aromatic rings. The second-order valence-corrected chi connectivity index (χ2v) is 8.41. The van der Waals surface area contributed by atoms with Gasteiger partial charge in [0, 0.05) is 17.9 Å². The molecule has 0 saturated carbocycles. The minimum absolute atomic E-state index is 0.0532. The zero-order chi connectivity index (χ0) is 19.5. The van der Waals surface area contributed by atoms with Crippen LogP contribution in [0, 0.1) is 12.7 Å². The molecule has 1 aromatic heterocycles. The third-order valence-electron chi connectivity index (χ3n) is 4.49. The molecule has 0 spiro atoms. The van der Waals surface area contributed by atoms with E-state index in [1.807, 2.05) is 31.2 Å². The van der Waals surface area contributed by atoms with E-state index in [1.165, 1.54) is 17.8 Å². The van der Waals surface area contributed by atoms with E-state index >= 15 is 0 Å². The van der Waals surface area contributed by atoms with Crippen molar-refractivity contribution < 1.29 is 9.18 Å². The van der Waals surface area contributed by atoms with Crippen molar-refractivity contribution in [2.45, 2.75) is 17.5 Å². The second-order valence-electron chi connectivity index (χ2n) is 6.28. The summed E-state index contributed by atoms with van der Waals surface area (Å²) >= 11 is 2.87. The van der Waals surface area contributed by atoms with Gasteiger partial charge < -0.3 is 4.90 Å². The lowest BCUT2D eigenvalue weighted by molar-refractivity contribution is -0.128. The Balaban J connectivity index is 1.48. The SMILES string of the molecule is Cc1ccccc1-n1nnnc1SCC(=O)N1CCS[C@@H]1c1ccccc1F. The lowest BCUT2D eigenvalue weighted by atomic mass is 10.2. The maximum Gasteiger partial charge on any atom is 0.234 e. The van der Waals surface area contributed by atoms with Crippen LogP contribution in [0.5, 0.6) is 0 Å². The quantitative estimate of drug-likeness (QED) is 0.595. The van der Waals surface area contributed by atoms with Gasteiger partial charge in [0.15, 0.2) is 0 Å². The summed E-state index contributed by atoms with van der Waals surface area (Å²) in [5.41, 5.74) is 2.47. The van der Waals surface area contributed by atoms with Gasteiger partial charge in [0.2, 0.25) is 11.1 Å². The first-order valence-electron chi connectivity index (χ1n) is 8.78. The highest BCUT2D eigenvalue weighted by Gasteiger charge is 2.32. The van der Waals surface area contributed by atoms with Gasteiger partial charge in [0.1, 0.15) is 11.2 Å². The predicted molar refractivity (Wildman–Crippen MR) is 108 cm³/mol. The van der Waals surface area contributed by atoms with Crippen molar-refractivity contribution in [1.29, 1.82) is 0 Å². The number of para-hydroxylation sites is 1. The van der Waals surface area contributed by atoms with Crippen molar-refractivity contribution in [3.8, 4) is 5.69 Å². The largest absolute Gasteiger partial charge is 0.325 e. The van der Waals surface area contributed by atoms with Gasteiger partial charge in [-0.25, -0.2) is 4.39 Å². The fraction of sp³-hybridized carbons (Fsp3) is 0.263. The molecule has 1 atom stereocenters. The Morgan fingerprint density at radius 1 is 1.25 bits per heavy atom. The smallest absolute Gasteiger partial charge is 0.234 e. The van der Waals surface area contributed by atoms with E-state index in [-0.39, 0.29) is 22.9 Å². The van der Waals surface area contributed by atoms with Crippen LogP contribution >= 0.6 is 23.5 Å². The molecule has 1 amide bonds. The van der Waals surface area contributed by atoms with E-state index in [4.69, 9.17) is 0 Å². The minimum Gasteiger partial charge on any atom is -0.325 e. The van der Waals surface area contributed by atoms with Gasteiger partial charge in [-0.3, -0.25) is 4.79 Å². The molecule has 0 unspecified atom stereocenters. The van der Waals surface area contributed by atoms with E-state index in [1.54, 1.807) is 39.5 Å². The van der Waals surface area contributed by atoms with Gasteiger partial charge in [-0.1, -0.05) is 48.2 Å². The number of rotatable bonds is 5. The zero-order valence-corrected chi connectivity index (χ0v) is 16.8. The van der Waals surface area contributed by atoms with E-state index in [2.05, 4.69) is 15.5 Å². The number of tetrazole rings is 1. The third-order valence-corrected chi connectivity index (χ3v) is 6.64. The molecule has 6 nitrogen and oxygen atoms in total. The number of thioether (sulfide) groups is 2. The number of carbonyl (C=O) groups excluding carboxylic acids is 1. The molecule has 9 heteroatoms. The number of amides is 1. The average Bonchev–Trinajstić information content (AvgIpc) is 3.36. The standard InChI is InChI=1S/C19H18FN5OS2/c1-13-6-2-5-9-16(13)25-19(21-22-23-25)28-12-17(26)24-10-11-27-18(24)14-7-3-4-8-15(14)20/h2-9,18H,10-12H2,1H3/t18-/m1/s1. The van der Waals surface area contributed by atoms with Crippen molar-refractivity contribution >= 4 is 29.4 Å².